The third kappa shape index (κ3) is 0.867. The van der Waals surface area contributed by atoms with Crippen molar-refractivity contribution in [2.75, 3.05) is 20.2 Å². The SMILES string of the molecule is CO[C@H]1[C@@H]2CC[C@H]1CNC2. The molecular weight excluding hydrogens is 126 g/mol. The minimum atomic E-state index is 0.571. The van der Waals surface area contributed by atoms with Gasteiger partial charge in [0.1, 0.15) is 0 Å². The molecule has 2 nitrogen and oxygen atoms in total. The van der Waals surface area contributed by atoms with Crippen molar-refractivity contribution < 1.29 is 4.74 Å². The molecule has 2 bridgehead atoms. The normalized spacial score (nSPS) is 45.9. The fraction of sp³-hybridized carbons (Fsp3) is 1.00. The number of rotatable bonds is 1. The topological polar surface area (TPSA) is 21.3 Å². The molecule has 0 radical (unpaired) electrons. The first kappa shape index (κ1) is 6.62. The van der Waals surface area contributed by atoms with E-state index in [1.807, 2.05) is 7.11 Å². The van der Waals surface area contributed by atoms with Crippen molar-refractivity contribution in [3.8, 4) is 0 Å². The van der Waals surface area contributed by atoms with Crippen LogP contribution in [0.25, 0.3) is 0 Å². The van der Waals surface area contributed by atoms with Gasteiger partial charge in [-0.2, -0.15) is 0 Å². The molecular formula is C8H15NO. The average Bonchev–Trinajstić information content (AvgIpc) is 2.19. The molecule has 1 heterocycles. The van der Waals surface area contributed by atoms with Crippen LogP contribution in [0.4, 0.5) is 0 Å². The van der Waals surface area contributed by atoms with Crippen LogP contribution in [0.15, 0.2) is 0 Å². The summed E-state index contributed by atoms with van der Waals surface area (Å²) in [5, 5.41) is 3.43. The van der Waals surface area contributed by atoms with Crippen LogP contribution < -0.4 is 5.32 Å². The molecule has 1 aliphatic carbocycles. The molecule has 3 atom stereocenters. The van der Waals surface area contributed by atoms with Gasteiger partial charge in [-0.05, 0) is 24.7 Å². The van der Waals surface area contributed by atoms with Crippen molar-refractivity contribution >= 4 is 0 Å². The lowest BCUT2D eigenvalue weighted by molar-refractivity contribution is 0.0227. The van der Waals surface area contributed by atoms with Gasteiger partial charge >= 0.3 is 0 Å². The lowest BCUT2D eigenvalue weighted by atomic mass is 9.97. The van der Waals surface area contributed by atoms with Crippen molar-refractivity contribution in [2.24, 2.45) is 11.8 Å². The Labute approximate surface area is 61.9 Å². The third-order valence-corrected chi connectivity index (χ3v) is 2.92. The van der Waals surface area contributed by atoms with Gasteiger partial charge in [0, 0.05) is 20.2 Å². The zero-order chi connectivity index (χ0) is 6.97. The number of hydrogen-bond donors (Lipinski definition) is 1. The summed E-state index contributed by atoms with van der Waals surface area (Å²) in [5.74, 6) is 1.62. The van der Waals surface area contributed by atoms with Gasteiger partial charge < -0.3 is 10.1 Å². The van der Waals surface area contributed by atoms with Crippen molar-refractivity contribution in [2.45, 2.75) is 18.9 Å². The van der Waals surface area contributed by atoms with Crippen molar-refractivity contribution in [1.82, 2.24) is 5.32 Å². The molecule has 1 N–H and O–H groups in total. The summed E-state index contributed by atoms with van der Waals surface area (Å²) in [6.07, 6.45) is 3.31. The van der Waals surface area contributed by atoms with Gasteiger partial charge in [-0.3, -0.25) is 0 Å². The fourth-order valence-electron chi connectivity index (χ4n) is 2.42. The maximum atomic E-state index is 5.44. The largest absolute Gasteiger partial charge is 0.381 e. The Morgan fingerprint density at radius 2 is 1.80 bits per heavy atom. The zero-order valence-electron chi connectivity index (χ0n) is 6.47. The van der Waals surface area contributed by atoms with E-state index in [-0.39, 0.29) is 0 Å². The van der Waals surface area contributed by atoms with Gasteiger partial charge in [0.05, 0.1) is 6.10 Å². The summed E-state index contributed by atoms with van der Waals surface area (Å²) in [7, 11) is 1.85. The molecule has 1 saturated carbocycles. The van der Waals surface area contributed by atoms with Crippen LogP contribution in [-0.4, -0.2) is 26.3 Å². The molecule has 2 fully saturated rings. The zero-order valence-corrected chi connectivity index (χ0v) is 6.47. The van der Waals surface area contributed by atoms with Crippen LogP contribution in [0.5, 0.6) is 0 Å². The molecule has 0 unspecified atom stereocenters. The molecule has 2 heteroatoms. The molecule has 1 aliphatic heterocycles. The van der Waals surface area contributed by atoms with Gasteiger partial charge in [0.25, 0.3) is 0 Å². The number of nitrogens with one attached hydrogen (secondary N) is 1. The highest BCUT2D eigenvalue weighted by Crippen LogP contribution is 2.35. The average molecular weight is 141 g/mol. The van der Waals surface area contributed by atoms with Crippen LogP contribution in [0.2, 0.25) is 0 Å². The molecule has 58 valence electrons. The molecule has 0 amide bonds. The Kier molecular flexibility index (Phi) is 1.66. The highest BCUT2D eigenvalue weighted by atomic mass is 16.5. The number of fused-ring (bicyclic) bond motifs is 2. The van der Waals surface area contributed by atoms with Crippen molar-refractivity contribution in [1.29, 1.82) is 0 Å². The first-order valence-electron chi connectivity index (χ1n) is 4.15. The molecule has 0 spiro atoms. The second kappa shape index (κ2) is 2.51. The van der Waals surface area contributed by atoms with E-state index in [2.05, 4.69) is 5.32 Å². The maximum Gasteiger partial charge on any atom is 0.0651 e. The summed E-state index contributed by atoms with van der Waals surface area (Å²) in [6, 6.07) is 0. The summed E-state index contributed by atoms with van der Waals surface area (Å²) >= 11 is 0. The van der Waals surface area contributed by atoms with Gasteiger partial charge in [-0.15, -0.1) is 0 Å². The van der Waals surface area contributed by atoms with Crippen LogP contribution in [0.3, 0.4) is 0 Å². The first-order chi connectivity index (χ1) is 4.92. The van der Waals surface area contributed by atoms with Crippen molar-refractivity contribution in [3.05, 3.63) is 0 Å². The summed E-state index contributed by atoms with van der Waals surface area (Å²) in [4.78, 5) is 0. The minimum Gasteiger partial charge on any atom is -0.381 e. The second-order valence-electron chi connectivity index (χ2n) is 3.46. The molecule has 2 rings (SSSR count). The number of piperidine rings is 1. The lowest BCUT2D eigenvalue weighted by Crippen LogP contribution is -2.42. The van der Waals surface area contributed by atoms with Gasteiger partial charge in [0.2, 0.25) is 0 Å². The fourth-order valence-corrected chi connectivity index (χ4v) is 2.42. The Balaban J connectivity index is 2.06. The Morgan fingerprint density at radius 3 is 2.20 bits per heavy atom. The second-order valence-corrected chi connectivity index (χ2v) is 3.46. The number of hydrogen-bond acceptors (Lipinski definition) is 2. The van der Waals surface area contributed by atoms with E-state index in [1.165, 1.54) is 25.9 Å². The molecule has 2 aliphatic rings. The Bertz CT molecular complexity index is 110. The smallest absolute Gasteiger partial charge is 0.0651 e. The van der Waals surface area contributed by atoms with Gasteiger partial charge in [0.15, 0.2) is 0 Å². The predicted molar refractivity (Wildman–Crippen MR) is 39.9 cm³/mol. The molecule has 0 aromatic heterocycles. The maximum absolute atomic E-state index is 5.44. The van der Waals surface area contributed by atoms with Gasteiger partial charge in [-0.25, -0.2) is 0 Å². The van der Waals surface area contributed by atoms with E-state index in [0.29, 0.717) is 6.10 Å². The van der Waals surface area contributed by atoms with Crippen LogP contribution >= 0.6 is 0 Å². The first-order valence-corrected chi connectivity index (χ1v) is 4.15. The van der Waals surface area contributed by atoms with Crippen LogP contribution in [-0.2, 0) is 4.74 Å². The van der Waals surface area contributed by atoms with E-state index in [4.69, 9.17) is 4.74 Å². The van der Waals surface area contributed by atoms with Crippen molar-refractivity contribution in [3.63, 3.8) is 0 Å². The molecule has 10 heavy (non-hydrogen) atoms. The minimum absolute atomic E-state index is 0.571. The van der Waals surface area contributed by atoms with Crippen LogP contribution in [0.1, 0.15) is 12.8 Å². The van der Waals surface area contributed by atoms with E-state index < -0.39 is 0 Å². The van der Waals surface area contributed by atoms with E-state index in [1.54, 1.807) is 0 Å². The quantitative estimate of drug-likeness (QED) is 0.578. The summed E-state index contributed by atoms with van der Waals surface area (Å²) in [6.45, 7) is 2.35. The van der Waals surface area contributed by atoms with Gasteiger partial charge in [-0.1, -0.05) is 0 Å². The molecule has 0 aromatic carbocycles. The molecule has 0 aromatic rings. The lowest BCUT2D eigenvalue weighted by Gasteiger charge is -2.29. The Morgan fingerprint density at radius 1 is 1.20 bits per heavy atom. The van der Waals surface area contributed by atoms with E-state index in [0.717, 1.165) is 11.8 Å². The van der Waals surface area contributed by atoms with E-state index in [9.17, 15) is 0 Å². The third-order valence-electron chi connectivity index (χ3n) is 2.92. The standard InChI is InChI=1S/C8H15NO/c1-10-8-6-2-3-7(8)5-9-4-6/h6-9H,2-5H2,1H3/t6-,7+,8+. The Hall–Kier alpha value is -0.0800. The predicted octanol–water partition coefficient (Wildman–Crippen LogP) is 0.631. The highest BCUT2D eigenvalue weighted by Gasteiger charge is 2.38. The highest BCUT2D eigenvalue weighted by molar-refractivity contribution is 4.91. The monoisotopic (exact) mass is 141 g/mol. The summed E-state index contributed by atoms with van der Waals surface area (Å²) < 4.78 is 5.44. The molecule has 1 saturated heterocycles. The van der Waals surface area contributed by atoms with Crippen LogP contribution in [0, 0.1) is 11.8 Å². The number of ether oxygens (including phenoxy) is 1. The summed E-state index contributed by atoms with van der Waals surface area (Å²) in [5.41, 5.74) is 0. The van der Waals surface area contributed by atoms with E-state index >= 15 is 0 Å². The number of methoxy groups -OCH3 is 1.